The van der Waals surface area contributed by atoms with Crippen molar-refractivity contribution in [1.29, 1.82) is 0 Å². The lowest BCUT2D eigenvalue weighted by atomic mass is 9.95. The first-order chi connectivity index (χ1) is 8.62. The molecule has 100 valence electrons. The van der Waals surface area contributed by atoms with Crippen molar-refractivity contribution in [3.05, 3.63) is 18.5 Å². The second kappa shape index (κ2) is 5.69. The molecule has 0 atom stereocenters. The number of nitrogens with zero attached hydrogens (tertiary/aromatic N) is 1. The molecule has 0 saturated heterocycles. The Morgan fingerprint density at radius 3 is 2.67 bits per heavy atom. The molecule has 1 aromatic heterocycles. The lowest BCUT2D eigenvalue weighted by molar-refractivity contribution is 0.462. The second-order valence-electron chi connectivity index (χ2n) is 4.79. The monoisotopic (exact) mass is 268 g/mol. The Morgan fingerprint density at radius 1 is 1.28 bits per heavy atom. The molecule has 5 heteroatoms. The van der Waals surface area contributed by atoms with E-state index in [9.17, 15) is 8.42 Å². The molecule has 1 aliphatic rings. The Hall–Kier alpha value is -1.10. The number of hydrogen-bond acceptors (Lipinski definition) is 4. The van der Waals surface area contributed by atoms with Gasteiger partial charge in [0.15, 0.2) is 9.84 Å². The smallest absolute Gasteiger partial charge is 0.179 e. The average molecular weight is 268 g/mol. The summed E-state index contributed by atoms with van der Waals surface area (Å²) in [5.41, 5.74) is 0.816. The third-order valence-corrected chi connectivity index (χ3v) is 5.13. The first-order valence-electron chi connectivity index (χ1n) is 6.56. The standard InChI is InChI=1S/C13H20N2O2S/c1-2-18(16,17)13-8-12(9-14-10-13)15-11-6-4-3-5-7-11/h8-11,15H,2-7H2,1H3. The summed E-state index contributed by atoms with van der Waals surface area (Å²) in [4.78, 5) is 4.33. The zero-order valence-corrected chi connectivity index (χ0v) is 11.5. The van der Waals surface area contributed by atoms with Crippen LogP contribution in [0.3, 0.4) is 0 Å². The average Bonchev–Trinajstić information content (AvgIpc) is 2.40. The maximum atomic E-state index is 11.8. The van der Waals surface area contributed by atoms with Gasteiger partial charge >= 0.3 is 0 Å². The summed E-state index contributed by atoms with van der Waals surface area (Å²) >= 11 is 0. The summed E-state index contributed by atoms with van der Waals surface area (Å²) in [5, 5.41) is 3.39. The molecular weight excluding hydrogens is 248 g/mol. The molecule has 0 radical (unpaired) electrons. The highest BCUT2D eigenvalue weighted by molar-refractivity contribution is 7.91. The molecule has 0 unspecified atom stereocenters. The molecule has 1 fully saturated rings. The number of pyridine rings is 1. The van der Waals surface area contributed by atoms with Crippen molar-refractivity contribution in [2.45, 2.75) is 50.0 Å². The largest absolute Gasteiger partial charge is 0.381 e. The molecule has 1 heterocycles. The van der Waals surface area contributed by atoms with Gasteiger partial charge in [-0.1, -0.05) is 26.2 Å². The van der Waals surface area contributed by atoms with Gasteiger partial charge in [-0.3, -0.25) is 4.98 Å². The van der Waals surface area contributed by atoms with E-state index in [4.69, 9.17) is 0 Å². The third kappa shape index (κ3) is 3.22. The number of rotatable bonds is 4. The highest BCUT2D eigenvalue weighted by Gasteiger charge is 2.15. The van der Waals surface area contributed by atoms with Gasteiger partial charge in [-0.15, -0.1) is 0 Å². The van der Waals surface area contributed by atoms with E-state index in [2.05, 4.69) is 10.3 Å². The van der Waals surface area contributed by atoms with Crippen LogP contribution in [0.2, 0.25) is 0 Å². The van der Waals surface area contributed by atoms with Crippen LogP contribution in [0.15, 0.2) is 23.4 Å². The fraction of sp³-hybridized carbons (Fsp3) is 0.615. The Balaban J connectivity index is 2.12. The van der Waals surface area contributed by atoms with Gasteiger partial charge in [-0.05, 0) is 18.9 Å². The number of sulfone groups is 1. The van der Waals surface area contributed by atoms with E-state index in [0.29, 0.717) is 10.9 Å². The number of nitrogens with one attached hydrogen (secondary N) is 1. The minimum atomic E-state index is -3.16. The van der Waals surface area contributed by atoms with E-state index in [0.717, 1.165) is 18.5 Å². The highest BCUT2D eigenvalue weighted by Crippen LogP contribution is 2.22. The Bertz CT molecular complexity index is 493. The predicted octanol–water partition coefficient (Wildman–Crippen LogP) is 2.62. The lowest BCUT2D eigenvalue weighted by Crippen LogP contribution is -2.22. The van der Waals surface area contributed by atoms with Crippen LogP contribution in [0, 0.1) is 0 Å². The molecule has 4 nitrogen and oxygen atoms in total. The Kier molecular flexibility index (Phi) is 4.22. The van der Waals surface area contributed by atoms with Crippen molar-refractivity contribution in [2.24, 2.45) is 0 Å². The maximum absolute atomic E-state index is 11.8. The predicted molar refractivity (Wildman–Crippen MR) is 72.5 cm³/mol. The lowest BCUT2D eigenvalue weighted by Gasteiger charge is -2.23. The molecule has 2 rings (SSSR count). The molecule has 1 N–H and O–H groups in total. The van der Waals surface area contributed by atoms with Crippen LogP contribution in [0.25, 0.3) is 0 Å². The van der Waals surface area contributed by atoms with E-state index in [1.807, 2.05) is 0 Å². The summed E-state index contributed by atoms with van der Waals surface area (Å²) in [6.45, 7) is 1.65. The number of hydrogen-bond donors (Lipinski definition) is 1. The Morgan fingerprint density at radius 2 is 2.00 bits per heavy atom. The van der Waals surface area contributed by atoms with E-state index in [1.54, 1.807) is 19.2 Å². The van der Waals surface area contributed by atoms with Gasteiger partial charge < -0.3 is 5.32 Å². The van der Waals surface area contributed by atoms with Crippen molar-refractivity contribution in [1.82, 2.24) is 4.98 Å². The maximum Gasteiger partial charge on any atom is 0.179 e. The van der Waals surface area contributed by atoms with Gasteiger partial charge in [-0.2, -0.15) is 0 Å². The number of anilines is 1. The molecule has 0 aliphatic heterocycles. The van der Waals surface area contributed by atoms with Crippen molar-refractivity contribution < 1.29 is 8.42 Å². The van der Waals surface area contributed by atoms with Gasteiger partial charge in [0.1, 0.15) is 0 Å². The molecular formula is C13H20N2O2S. The molecule has 0 bridgehead atoms. The van der Waals surface area contributed by atoms with Crippen LogP contribution in [0.1, 0.15) is 39.0 Å². The zero-order valence-electron chi connectivity index (χ0n) is 10.7. The van der Waals surface area contributed by atoms with Gasteiger partial charge in [0.25, 0.3) is 0 Å². The SMILES string of the molecule is CCS(=O)(=O)c1cncc(NC2CCCCC2)c1. The molecule has 1 aromatic rings. The second-order valence-corrected chi connectivity index (χ2v) is 7.07. The molecule has 0 spiro atoms. The fourth-order valence-electron chi connectivity index (χ4n) is 2.32. The van der Waals surface area contributed by atoms with E-state index < -0.39 is 9.84 Å². The van der Waals surface area contributed by atoms with Crippen LogP contribution < -0.4 is 5.32 Å². The summed E-state index contributed by atoms with van der Waals surface area (Å²) in [5.74, 6) is 0.113. The van der Waals surface area contributed by atoms with Crippen LogP contribution in [-0.2, 0) is 9.84 Å². The van der Waals surface area contributed by atoms with Gasteiger partial charge in [-0.25, -0.2) is 8.42 Å². The molecule has 1 saturated carbocycles. The van der Waals surface area contributed by atoms with Crippen molar-refractivity contribution in [2.75, 3.05) is 11.1 Å². The zero-order chi connectivity index (χ0) is 13.0. The molecule has 18 heavy (non-hydrogen) atoms. The van der Waals surface area contributed by atoms with E-state index in [1.165, 1.54) is 25.5 Å². The quantitative estimate of drug-likeness (QED) is 0.912. The number of aromatic nitrogens is 1. The molecule has 1 aliphatic carbocycles. The molecule has 0 amide bonds. The van der Waals surface area contributed by atoms with Crippen LogP contribution in [0.4, 0.5) is 5.69 Å². The van der Waals surface area contributed by atoms with Gasteiger partial charge in [0.2, 0.25) is 0 Å². The van der Waals surface area contributed by atoms with Crippen molar-refractivity contribution in [3.63, 3.8) is 0 Å². The topological polar surface area (TPSA) is 59.1 Å². The summed E-state index contributed by atoms with van der Waals surface area (Å²) < 4.78 is 23.6. The summed E-state index contributed by atoms with van der Waals surface area (Å²) in [7, 11) is -3.16. The third-order valence-electron chi connectivity index (χ3n) is 3.43. The Labute approximate surface area is 109 Å². The van der Waals surface area contributed by atoms with E-state index >= 15 is 0 Å². The first-order valence-corrected chi connectivity index (χ1v) is 8.21. The fourth-order valence-corrected chi connectivity index (χ4v) is 3.18. The first kappa shape index (κ1) is 13.3. The van der Waals surface area contributed by atoms with Gasteiger partial charge in [0, 0.05) is 12.2 Å². The van der Waals surface area contributed by atoms with Crippen LogP contribution in [0.5, 0.6) is 0 Å². The van der Waals surface area contributed by atoms with E-state index in [-0.39, 0.29) is 5.75 Å². The minimum absolute atomic E-state index is 0.113. The van der Waals surface area contributed by atoms with Gasteiger partial charge in [0.05, 0.1) is 22.5 Å². The van der Waals surface area contributed by atoms with Crippen LogP contribution >= 0.6 is 0 Å². The summed E-state index contributed by atoms with van der Waals surface area (Å²) in [6, 6.07) is 2.15. The highest BCUT2D eigenvalue weighted by atomic mass is 32.2. The van der Waals surface area contributed by atoms with Crippen LogP contribution in [-0.4, -0.2) is 25.2 Å². The van der Waals surface area contributed by atoms with Crippen molar-refractivity contribution >= 4 is 15.5 Å². The molecule has 0 aromatic carbocycles. The minimum Gasteiger partial charge on any atom is -0.381 e. The van der Waals surface area contributed by atoms with Crippen molar-refractivity contribution in [3.8, 4) is 0 Å². The summed E-state index contributed by atoms with van der Waals surface area (Å²) in [6.07, 6.45) is 9.24. The normalized spacial score (nSPS) is 17.6.